The molecule has 2 aliphatic heterocycles. The van der Waals surface area contributed by atoms with E-state index in [1.54, 1.807) is 4.90 Å². The Morgan fingerprint density at radius 2 is 2.00 bits per heavy atom. The lowest BCUT2D eigenvalue weighted by Gasteiger charge is -2.26. The van der Waals surface area contributed by atoms with Gasteiger partial charge in [0.1, 0.15) is 0 Å². The second-order valence-electron chi connectivity index (χ2n) is 6.57. The summed E-state index contributed by atoms with van der Waals surface area (Å²) in [5.41, 5.74) is 0. The van der Waals surface area contributed by atoms with Crippen LogP contribution in [0, 0.1) is 11.8 Å². The van der Waals surface area contributed by atoms with Crippen LogP contribution in [-0.2, 0) is 14.4 Å². The Balaban J connectivity index is 1.59. The molecule has 2 saturated heterocycles. The lowest BCUT2D eigenvalue weighted by molar-refractivity contribution is -0.141. The van der Waals surface area contributed by atoms with E-state index >= 15 is 0 Å². The zero-order valence-corrected chi connectivity index (χ0v) is 12.2. The number of carboxylic acids is 1. The predicted molar refractivity (Wildman–Crippen MR) is 74.4 cm³/mol. The van der Waals surface area contributed by atoms with Gasteiger partial charge in [0.15, 0.2) is 0 Å². The van der Waals surface area contributed by atoms with E-state index in [0.717, 1.165) is 19.4 Å². The summed E-state index contributed by atoms with van der Waals surface area (Å²) in [4.78, 5) is 39.0. The highest BCUT2D eigenvalue weighted by atomic mass is 16.4. The van der Waals surface area contributed by atoms with Crippen molar-refractivity contribution < 1.29 is 19.5 Å². The van der Waals surface area contributed by atoms with Gasteiger partial charge >= 0.3 is 5.97 Å². The Hall–Kier alpha value is -1.59. The summed E-state index contributed by atoms with van der Waals surface area (Å²) in [7, 11) is 0. The number of amides is 2. The van der Waals surface area contributed by atoms with Gasteiger partial charge in [0.05, 0.1) is 12.3 Å². The largest absolute Gasteiger partial charge is 0.481 e. The zero-order chi connectivity index (χ0) is 15.0. The molecule has 0 aromatic carbocycles. The molecule has 0 spiro atoms. The van der Waals surface area contributed by atoms with Crippen molar-refractivity contribution in [2.24, 2.45) is 11.8 Å². The maximum atomic E-state index is 12.6. The molecule has 3 aliphatic rings. The minimum atomic E-state index is -0.863. The topological polar surface area (TPSA) is 77.9 Å². The average molecular weight is 294 g/mol. The second-order valence-corrected chi connectivity index (χ2v) is 6.57. The second kappa shape index (κ2) is 5.66. The van der Waals surface area contributed by atoms with Gasteiger partial charge in [0.2, 0.25) is 11.8 Å². The van der Waals surface area contributed by atoms with Crippen LogP contribution in [0.1, 0.15) is 38.5 Å². The zero-order valence-electron chi connectivity index (χ0n) is 12.2. The number of aliphatic carboxylic acids is 1. The lowest BCUT2D eigenvalue weighted by Crippen LogP contribution is -2.41. The smallest absolute Gasteiger partial charge is 0.305 e. The minimum absolute atomic E-state index is 0.0121. The summed E-state index contributed by atoms with van der Waals surface area (Å²) in [5.74, 6) is -0.447. The molecular formula is C15H22N2O4. The van der Waals surface area contributed by atoms with Crippen molar-refractivity contribution >= 4 is 17.8 Å². The molecular weight excluding hydrogens is 272 g/mol. The first-order valence-corrected chi connectivity index (χ1v) is 7.84. The molecule has 0 radical (unpaired) electrons. The van der Waals surface area contributed by atoms with Crippen LogP contribution in [0.25, 0.3) is 0 Å². The van der Waals surface area contributed by atoms with Crippen molar-refractivity contribution in [3.05, 3.63) is 0 Å². The third-order valence-corrected chi connectivity index (χ3v) is 4.81. The van der Waals surface area contributed by atoms with E-state index in [4.69, 9.17) is 5.11 Å². The Kier molecular flexibility index (Phi) is 3.87. The standard InChI is InChI=1S/C15H22N2O4/c18-13-6-11(9-16(13)8-10-3-4-10)15(21)17-5-1-2-12(17)7-14(19)20/h10-12H,1-9H2,(H,19,20). The van der Waals surface area contributed by atoms with Gasteiger partial charge < -0.3 is 14.9 Å². The number of hydrogen-bond donors (Lipinski definition) is 1. The van der Waals surface area contributed by atoms with Gasteiger partial charge in [-0.15, -0.1) is 0 Å². The first-order chi connectivity index (χ1) is 10.0. The van der Waals surface area contributed by atoms with Crippen LogP contribution >= 0.6 is 0 Å². The van der Waals surface area contributed by atoms with Crippen LogP contribution in [0.2, 0.25) is 0 Å². The third-order valence-electron chi connectivity index (χ3n) is 4.81. The van der Waals surface area contributed by atoms with E-state index in [-0.39, 0.29) is 30.2 Å². The van der Waals surface area contributed by atoms with Crippen molar-refractivity contribution in [1.82, 2.24) is 9.80 Å². The van der Waals surface area contributed by atoms with Crippen LogP contribution in [0.4, 0.5) is 0 Å². The molecule has 3 rings (SSSR count). The SMILES string of the molecule is O=C(O)CC1CCCN1C(=O)C1CC(=O)N(CC2CC2)C1. The van der Waals surface area contributed by atoms with Crippen LogP contribution in [0.3, 0.4) is 0 Å². The fraction of sp³-hybridized carbons (Fsp3) is 0.800. The highest BCUT2D eigenvalue weighted by Gasteiger charge is 2.41. The molecule has 0 aromatic rings. The number of nitrogens with zero attached hydrogens (tertiary/aromatic N) is 2. The van der Waals surface area contributed by atoms with E-state index in [1.165, 1.54) is 12.8 Å². The molecule has 0 aromatic heterocycles. The molecule has 6 heteroatoms. The fourth-order valence-electron chi connectivity index (χ4n) is 3.50. The van der Waals surface area contributed by atoms with Gasteiger partial charge in [-0.05, 0) is 31.6 Å². The van der Waals surface area contributed by atoms with E-state index in [2.05, 4.69) is 0 Å². The number of carboxylic acid groups (broad SMARTS) is 1. The van der Waals surface area contributed by atoms with Crippen LogP contribution in [0.15, 0.2) is 0 Å². The molecule has 21 heavy (non-hydrogen) atoms. The van der Waals surface area contributed by atoms with Crippen LogP contribution in [-0.4, -0.2) is 58.4 Å². The summed E-state index contributed by atoms with van der Waals surface area (Å²) in [6, 6.07) is -0.192. The number of hydrogen-bond acceptors (Lipinski definition) is 3. The first-order valence-electron chi connectivity index (χ1n) is 7.84. The Morgan fingerprint density at radius 1 is 1.24 bits per heavy atom. The molecule has 3 fully saturated rings. The molecule has 0 bridgehead atoms. The van der Waals surface area contributed by atoms with Crippen molar-refractivity contribution in [1.29, 1.82) is 0 Å². The molecule has 2 amide bonds. The predicted octanol–water partition coefficient (Wildman–Crippen LogP) is 0.711. The van der Waals surface area contributed by atoms with Crippen molar-refractivity contribution in [2.75, 3.05) is 19.6 Å². The highest BCUT2D eigenvalue weighted by Crippen LogP contribution is 2.33. The first kappa shape index (κ1) is 14.4. The Bertz CT molecular complexity index is 461. The third kappa shape index (κ3) is 3.19. The summed E-state index contributed by atoms with van der Waals surface area (Å²) >= 11 is 0. The Labute approximate surface area is 124 Å². The highest BCUT2D eigenvalue weighted by molar-refractivity contribution is 5.89. The number of carbonyl (C=O) groups excluding carboxylic acids is 2. The molecule has 1 aliphatic carbocycles. The summed E-state index contributed by atoms with van der Waals surface area (Å²) in [6.45, 7) is 1.94. The quantitative estimate of drug-likeness (QED) is 0.810. The van der Waals surface area contributed by atoms with Crippen LogP contribution in [0.5, 0.6) is 0 Å². The summed E-state index contributed by atoms with van der Waals surface area (Å²) in [6.07, 6.45) is 4.30. The van der Waals surface area contributed by atoms with Crippen molar-refractivity contribution in [3.63, 3.8) is 0 Å². The van der Waals surface area contributed by atoms with Gasteiger partial charge in [-0.2, -0.15) is 0 Å². The molecule has 2 unspecified atom stereocenters. The number of likely N-dealkylation sites (tertiary alicyclic amines) is 2. The van der Waals surface area contributed by atoms with E-state index in [9.17, 15) is 14.4 Å². The summed E-state index contributed by atoms with van der Waals surface area (Å²) < 4.78 is 0. The van der Waals surface area contributed by atoms with Gasteiger partial charge in [-0.1, -0.05) is 0 Å². The molecule has 116 valence electrons. The molecule has 2 heterocycles. The van der Waals surface area contributed by atoms with Crippen LogP contribution < -0.4 is 0 Å². The van der Waals surface area contributed by atoms with Crippen molar-refractivity contribution in [3.8, 4) is 0 Å². The maximum Gasteiger partial charge on any atom is 0.305 e. The normalized spacial score (nSPS) is 29.2. The van der Waals surface area contributed by atoms with Gasteiger partial charge in [0.25, 0.3) is 0 Å². The number of rotatable bonds is 5. The maximum absolute atomic E-state index is 12.6. The monoisotopic (exact) mass is 294 g/mol. The van der Waals surface area contributed by atoms with E-state index in [1.807, 2.05) is 4.90 Å². The van der Waals surface area contributed by atoms with Crippen molar-refractivity contribution in [2.45, 2.75) is 44.6 Å². The Morgan fingerprint density at radius 3 is 2.67 bits per heavy atom. The molecule has 6 nitrogen and oxygen atoms in total. The summed E-state index contributed by atoms with van der Waals surface area (Å²) in [5, 5.41) is 8.93. The van der Waals surface area contributed by atoms with Gasteiger partial charge in [-0.3, -0.25) is 14.4 Å². The number of carbonyl (C=O) groups is 3. The average Bonchev–Trinajstić information content (AvgIpc) is 3.00. The van der Waals surface area contributed by atoms with Gasteiger partial charge in [0, 0.05) is 32.1 Å². The molecule has 1 saturated carbocycles. The fourth-order valence-corrected chi connectivity index (χ4v) is 3.50. The van der Waals surface area contributed by atoms with Gasteiger partial charge in [-0.25, -0.2) is 0 Å². The van der Waals surface area contributed by atoms with E-state index < -0.39 is 5.97 Å². The molecule has 2 atom stereocenters. The van der Waals surface area contributed by atoms with E-state index in [0.29, 0.717) is 25.4 Å². The lowest BCUT2D eigenvalue weighted by atomic mass is 10.1. The minimum Gasteiger partial charge on any atom is -0.481 e. The molecule has 1 N–H and O–H groups in total.